The Morgan fingerprint density at radius 1 is 0.792 bits per heavy atom. The van der Waals surface area contributed by atoms with Crippen LogP contribution < -0.4 is 4.90 Å². The molecule has 3 atom stereocenters. The Balaban J connectivity index is 1.86. The van der Waals surface area contributed by atoms with Gasteiger partial charge in [-0.2, -0.15) is 0 Å². The summed E-state index contributed by atoms with van der Waals surface area (Å²) in [6, 6.07) is 16.4. The number of ketones is 1. The molecule has 2 heterocycles. The SMILES string of the molecule is COC(=O)[C@@]1(c2ccccc2)C[C@@]2(CO2)CC2(C=C(C(C)(C)C)C(=O)C(C(C)(C)C)=C2)[C@]12C(=O)N(C(=O)OC(C)(C)C)c1ccccc12. The van der Waals surface area contributed by atoms with Crippen LogP contribution in [0.15, 0.2) is 77.9 Å². The molecule has 0 radical (unpaired) electrons. The number of allylic oxidation sites excluding steroid dienone is 4. The highest BCUT2D eigenvalue weighted by molar-refractivity contribution is 6.25. The van der Waals surface area contributed by atoms with E-state index < -0.39 is 56.2 Å². The molecule has 0 unspecified atom stereocenters. The van der Waals surface area contributed by atoms with E-state index in [-0.39, 0.29) is 12.2 Å². The van der Waals surface area contributed by atoms with Gasteiger partial charge in [0.1, 0.15) is 16.4 Å². The molecule has 2 aromatic rings. The third-order valence-electron chi connectivity index (χ3n) is 10.5. The van der Waals surface area contributed by atoms with E-state index in [0.29, 0.717) is 41.0 Å². The number of hydrogen-bond acceptors (Lipinski definition) is 7. The van der Waals surface area contributed by atoms with Crippen LogP contribution in [0.2, 0.25) is 0 Å². The Bertz CT molecular complexity index is 1740. The number of anilines is 1. The zero-order valence-electron chi connectivity index (χ0n) is 29.8. The molecule has 1 saturated heterocycles. The number of para-hydroxylation sites is 1. The van der Waals surface area contributed by atoms with Crippen molar-refractivity contribution in [2.24, 2.45) is 16.2 Å². The normalized spacial score (nSPS) is 27.9. The summed E-state index contributed by atoms with van der Waals surface area (Å²) in [5.74, 6) is -1.32. The number of benzene rings is 2. The van der Waals surface area contributed by atoms with Crippen molar-refractivity contribution < 1.29 is 33.4 Å². The van der Waals surface area contributed by atoms with E-state index in [1.165, 1.54) is 7.11 Å². The lowest BCUT2D eigenvalue weighted by Gasteiger charge is -2.60. The van der Waals surface area contributed by atoms with Gasteiger partial charge in [-0.3, -0.25) is 14.4 Å². The molecule has 2 aliphatic carbocycles. The van der Waals surface area contributed by atoms with Gasteiger partial charge >= 0.3 is 12.1 Å². The number of fused-ring (bicyclic) bond motifs is 3. The van der Waals surface area contributed by atoms with Crippen molar-refractivity contribution in [1.82, 2.24) is 0 Å². The highest BCUT2D eigenvalue weighted by Crippen LogP contribution is 2.73. The second kappa shape index (κ2) is 10.5. The van der Waals surface area contributed by atoms with E-state index in [2.05, 4.69) is 0 Å². The number of carbonyl (C=O) groups excluding carboxylic acids is 4. The Labute approximate surface area is 283 Å². The third kappa shape index (κ3) is 4.66. The lowest BCUT2D eigenvalue weighted by Crippen LogP contribution is -2.72. The number of imide groups is 1. The maximum atomic E-state index is 16.0. The zero-order valence-corrected chi connectivity index (χ0v) is 29.8. The molecule has 3 spiro atoms. The molecular weight excluding hydrogens is 606 g/mol. The maximum Gasteiger partial charge on any atom is 0.421 e. The first-order valence-corrected chi connectivity index (χ1v) is 16.7. The van der Waals surface area contributed by atoms with Crippen molar-refractivity contribution in [1.29, 1.82) is 0 Å². The van der Waals surface area contributed by atoms with Gasteiger partial charge in [-0.1, -0.05) is 102 Å². The van der Waals surface area contributed by atoms with Crippen molar-refractivity contribution in [3.8, 4) is 0 Å². The van der Waals surface area contributed by atoms with Gasteiger partial charge in [-0.25, -0.2) is 9.69 Å². The average Bonchev–Trinajstić information content (AvgIpc) is 3.67. The minimum Gasteiger partial charge on any atom is -0.468 e. The van der Waals surface area contributed by atoms with Gasteiger partial charge in [0.15, 0.2) is 5.78 Å². The average molecular weight is 654 g/mol. The minimum atomic E-state index is -1.80. The highest BCUT2D eigenvalue weighted by Gasteiger charge is 2.82. The molecule has 0 N–H and O–H groups in total. The standard InChI is InChI=1S/C40H47NO7/c1-34(2,3)27-20-37(21-28(30(27)42)35(4,5)6)22-38(24-47-38)23-39(32(44)46-10,25-16-12-11-13-17-25)40(37)26-18-14-15-19-29(26)41(31(40)43)33(45)48-36(7,8)9/h11-21H,22-24H2,1-10H3/t38-,39+,40+/m1/s1. The van der Waals surface area contributed by atoms with Crippen molar-refractivity contribution in [3.05, 3.63) is 89.0 Å². The number of amides is 2. The smallest absolute Gasteiger partial charge is 0.421 e. The largest absolute Gasteiger partial charge is 0.468 e. The van der Waals surface area contributed by atoms with Gasteiger partial charge < -0.3 is 14.2 Å². The molecule has 254 valence electrons. The fraction of sp³-hybridized carbons (Fsp3) is 0.500. The Hall–Kier alpha value is -4.04. The molecule has 2 amide bonds. The lowest BCUT2D eigenvalue weighted by molar-refractivity contribution is -0.163. The number of hydrogen-bond donors (Lipinski definition) is 0. The number of rotatable bonds is 2. The predicted octanol–water partition coefficient (Wildman–Crippen LogP) is 7.39. The number of methoxy groups -OCH3 is 1. The van der Waals surface area contributed by atoms with E-state index in [9.17, 15) is 9.59 Å². The summed E-state index contributed by atoms with van der Waals surface area (Å²) in [5, 5.41) is 0. The van der Waals surface area contributed by atoms with Crippen LogP contribution in [-0.2, 0) is 39.4 Å². The van der Waals surface area contributed by atoms with Gasteiger partial charge in [-0.15, -0.1) is 0 Å². The molecule has 1 saturated carbocycles. The van der Waals surface area contributed by atoms with Gasteiger partial charge in [0.2, 0.25) is 5.91 Å². The first-order chi connectivity index (χ1) is 22.2. The highest BCUT2D eigenvalue weighted by atomic mass is 16.6. The number of Topliss-reactive ketones (excluding diaryl/α,β-unsaturated/α-hetero) is 1. The monoisotopic (exact) mass is 653 g/mol. The predicted molar refractivity (Wildman–Crippen MR) is 182 cm³/mol. The van der Waals surface area contributed by atoms with Gasteiger partial charge in [0, 0.05) is 23.0 Å². The Morgan fingerprint density at radius 3 is 1.83 bits per heavy atom. The van der Waals surface area contributed by atoms with Crippen LogP contribution >= 0.6 is 0 Å². The maximum absolute atomic E-state index is 16.0. The number of carbonyl (C=O) groups is 4. The van der Waals surface area contributed by atoms with E-state index >= 15 is 9.59 Å². The summed E-state index contributed by atoms with van der Waals surface area (Å²) in [5.41, 5.74) is -5.31. The molecule has 4 aliphatic rings. The van der Waals surface area contributed by atoms with Crippen molar-refractivity contribution in [2.75, 3.05) is 18.6 Å². The van der Waals surface area contributed by atoms with Gasteiger partial charge in [0.25, 0.3) is 0 Å². The van der Waals surface area contributed by atoms with Crippen LogP contribution in [0.4, 0.5) is 10.5 Å². The van der Waals surface area contributed by atoms with Crippen molar-refractivity contribution in [3.63, 3.8) is 0 Å². The molecule has 2 fully saturated rings. The molecule has 8 nitrogen and oxygen atoms in total. The number of nitrogens with zero attached hydrogens (tertiary/aromatic N) is 1. The molecule has 0 aromatic heterocycles. The minimum absolute atomic E-state index is 0.0989. The van der Waals surface area contributed by atoms with E-state index in [0.717, 1.165) is 4.90 Å². The van der Waals surface area contributed by atoms with Crippen LogP contribution in [-0.4, -0.2) is 48.7 Å². The Morgan fingerprint density at radius 2 is 1.33 bits per heavy atom. The second-order valence-electron chi connectivity index (χ2n) is 17.0. The Kier molecular flexibility index (Phi) is 7.39. The van der Waals surface area contributed by atoms with Crippen LogP contribution in [0.3, 0.4) is 0 Å². The third-order valence-corrected chi connectivity index (χ3v) is 10.5. The summed E-state index contributed by atoms with van der Waals surface area (Å²) in [6.45, 7) is 17.5. The van der Waals surface area contributed by atoms with Crippen LogP contribution in [0.25, 0.3) is 0 Å². The fourth-order valence-corrected chi connectivity index (χ4v) is 8.60. The first-order valence-electron chi connectivity index (χ1n) is 16.7. The van der Waals surface area contributed by atoms with Crippen molar-refractivity contribution in [2.45, 2.75) is 97.2 Å². The second-order valence-corrected chi connectivity index (χ2v) is 17.0. The topological polar surface area (TPSA) is 103 Å². The van der Waals surface area contributed by atoms with Crippen molar-refractivity contribution >= 4 is 29.4 Å². The van der Waals surface area contributed by atoms with E-state index in [1.54, 1.807) is 32.9 Å². The van der Waals surface area contributed by atoms with Crippen LogP contribution in [0.5, 0.6) is 0 Å². The summed E-state index contributed by atoms with van der Waals surface area (Å²) < 4.78 is 17.9. The summed E-state index contributed by atoms with van der Waals surface area (Å²) in [7, 11) is 1.33. The molecule has 6 rings (SSSR count). The van der Waals surface area contributed by atoms with Gasteiger partial charge in [-0.05, 0) is 55.2 Å². The number of epoxide rings is 1. The molecular formula is C40H47NO7. The van der Waals surface area contributed by atoms with Gasteiger partial charge in [0.05, 0.1) is 25.0 Å². The molecule has 2 aliphatic heterocycles. The first kappa shape index (κ1) is 33.8. The molecule has 8 heteroatoms. The molecule has 2 aromatic carbocycles. The lowest BCUT2D eigenvalue weighted by atomic mass is 9.38. The van der Waals surface area contributed by atoms with Crippen LogP contribution in [0, 0.1) is 16.2 Å². The van der Waals surface area contributed by atoms with E-state index in [1.807, 2.05) is 96.2 Å². The van der Waals surface area contributed by atoms with Crippen LogP contribution in [0.1, 0.15) is 86.3 Å². The number of esters is 1. The molecule has 48 heavy (non-hydrogen) atoms. The summed E-state index contributed by atoms with van der Waals surface area (Å²) in [6.07, 6.45) is 3.46. The van der Waals surface area contributed by atoms with E-state index in [4.69, 9.17) is 14.2 Å². The number of ether oxygens (including phenoxy) is 3. The summed E-state index contributed by atoms with van der Waals surface area (Å²) >= 11 is 0. The zero-order chi connectivity index (χ0) is 35.3. The summed E-state index contributed by atoms with van der Waals surface area (Å²) in [4.78, 5) is 60.8. The molecule has 0 bridgehead atoms. The fourth-order valence-electron chi connectivity index (χ4n) is 8.60. The quantitative estimate of drug-likeness (QED) is 0.246.